The highest BCUT2D eigenvalue weighted by Gasteiger charge is 2.52. The van der Waals surface area contributed by atoms with Crippen LogP contribution in [0.4, 0.5) is 4.79 Å². The van der Waals surface area contributed by atoms with Gasteiger partial charge in [0.05, 0.1) is 30.1 Å². The number of amides is 2. The molecule has 7 nitrogen and oxygen atoms in total. The van der Waals surface area contributed by atoms with Crippen LogP contribution in [0.25, 0.3) is 0 Å². The molecule has 0 radical (unpaired) electrons. The van der Waals surface area contributed by atoms with E-state index in [0.29, 0.717) is 26.3 Å². The van der Waals surface area contributed by atoms with E-state index in [9.17, 15) is 13.2 Å². The van der Waals surface area contributed by atoms with E-state index in [2.05, 4.69) is 5.32 Å². The molecule has 1 unspecified atom stereocenters. The molecule has 0 bridgehead atoms. The van der Waals surface area contributed by atoms with E-state index in [1.54, 1.807) is 4.90 Å². The first-order valence-electron chi connectivity index (χ1n) is 7.22. The second kappa shape index (κ2) is 6.10. The first-order valence-corrected chi connectivity index (χ1v) is 9.28. The van der Waals surface area contributed by atoms with Gasteiger partial charge in [-0.15, -0.1) is 0 Å². The molecule has 0 aromatic carbocycles. The van der Waals surface area contributed by atoms with Gasteiger partial charge in [0.25, 0.3) is 0 Å². The predicted octanol–water partition coefficient (Wildman–Crippen LogP) is 0.00890. The Kier molecular flexibility index (Phi) is 4.79. The van der Waals surface area contributed by atoms with Crippen LogP contribution in [0.2, 0.25) is 0 Å². The largest absolute Gasteiger partial charge is 0.373 e. The lowest BCUT2D eigenvalue weighted by Crippen LogP contribution is -2.52. The SMILES string of the molecule is CCO[C@@]1(C)C[C@H]1NC(=O)N1CCOC(CS(C)(=O)=O)C1. The number of morpholine rings is 1. The molecular formula is C13H24N2O5S. The topological polar surface area (TPSA) is 84.9 Å². The van der Waals surface area contributed by atoms with Gasteiger partial charge in [0, 0.05) is 32.4 Å². The summed E-state index contributed by atoms with van der Waals surface area (Å²) in [6, 6.07) is -0.147. The van der Waals surface area contributed by atoms with Crippen LogP contribution < -0.4 is 5.32 Å². The Morgan fingerprint density at radius 2 is 2.24 bits per heavy atom. The molecule has 2 amide bonds. The number of nitrogens with one attached hydrogen (secondary N) is 1. The van der Waals surface area contributed by atoms with Crippen molar-refractivity contribution in [1.82, 2.24) is 10.2 Å². The maximum Gasteiger partial charge on any atom is 0.317 e. The van der Waals surface area contributed by atoms with Crippen molar-refractivity contribution >= 4 is 15.9 Å². The van der Waals surface area contributed by atoms with Crippen LogP contribution >= 0.6 is 0 Å². The third kappa shape index (κ3) is 4.55. The second-order valence-electron chi connectivity index (χ2n) is 5.98. The molecule has 1 saturated heterocycles. The normalized spacial score (nSPS) is 32.8. The summed E-state index contributed by atoms with van der Waals surface area (Å²) in [6.45, 7) is 5.67. The number of carbonyl (C=O) groups is 1. The van der Waals surface area contributed by atoms with E-state index >= 15 is 0 Å². The molecule has 0 aromatic heterocycles. The van der Waals surface area contributed by atoms with Gasteiger partial charge in [0.1, 0.15) is 9.84 Å². The Morgan fingerprint density at radius 3 is 2.86 bits per heavy atom. The number of ether oxygens (including phenoxy) is 2. The maximum absolute atomic E-state index is 12.2. The van der Waals surface area contributed by atoms with Crippen molar-refractivity contribution < 1.29 is 22.7 Å². The third-order valence-electron chi connectivity index (χ3n) is 3.87. The number of hydrogen-bond donors (Lipinski definition) is 1. The molecule has 21 heavy (non-hydrogen) atoms. The first kappa shape index (κ1) is 16.5. The number of carbonyl (C=O) groups excluding carboxylic acids is 1. The van der Waals surface area contributed by atoms with Crippen molar-refractivity contribution in [1.29, 1.82) is 0 Å². The summed E-state index contributed by atoms with van der Waals surface area (Å²) >= 11 is 0. The number of nitrogens with zero attached hydrogens (tertiary/aromatic N) is 1. The van der Waals surface area contributed by atoms with Crippen molar-refractivity contribution in [2.75, 3.05) is 38.3 Å². The third-order valence-corrected chi connectivity index (χ3v) is 4.85. The van der Waals surface area contributed by atoms with Crippen LogP contribution in [0.1, 0.15) is 20.3 Å². The van der Waals surface area contributed by atoms with Crippen LogP contribution in [0, 0.1) is 0 Å². The molecule has 0 spiro atoms. The summed E-state index contributed by atoms with van der Waals surface area (Å²) < 4.78 is 33.6. The van der Waals surface area contributed by atoms with E-state index in [1.807, 2.05) is 13.8 Å². The summed E-state index contributed by atoms with van der Waals surface area (Å²) in [5, 5.41) is 2.94. The van der Waals surface area contributed by atoms with Crippen molar-refractivity contribution in [3.05, 3.63) is 0 Å². The molecule has 1 N–H and O–H groups in total. The lowest BCUT2D eigenvalue weighted by molar-refractivity contribution is -0.00256. The number of hydrogen-bond acceptors (Lipinski definition) is 5. The van der Waals surface area contributed by atoms with Crippen molar-refractivity contribution in [2.45, 2.75) is 38.0 Å². The Hall–Kier alpha value is -0.860. The highest BCUT2D eigenvalue weighted by Crippen LogP contribution is 2.39. The molecule has 8 heteroatoms. The number of sulfone groups is 1. The van der Waals surface area contributed by atoms with Crippen LogP contribution in [0.3, 0.4) is 0 Å². The summed E-state index contributed by atoms with van der Waals surface area (Å²) in [7, 11) is -3.11. The van der Waals surface area contributed by atoms with Gasteiger partial charge in [0.15, 0.2) is 0 Å². The minimum Gasteiger partial charge on any atom is -0.373 e. The van der Waals surface area contributed by atoms with E-state index in [-0.39, 0.29) is 23.4 Å². The summed E-state index contributed by atoms with van der Waals surface area (Å²) in [5.41, 5.74) is -0.261. The Balaban J connectivity index is 1.83. The van der Waals surface area contributed by atoms with Gasteiger partial charge in [0.2, 0.25) is 0 Å². The fourth-order valence-corrected chi connectivity index (χ4v) is 3.50. The summed E-state index contributed by atoms with van der Waals surface area (Å²) in [4.78, 5) is 13.8. The lowest BCUT2D eigenvalue weighted by Gasteiger charge is -2.32. The number of rotatable bonds is 5. The maximum atomic E-state index is 12.2. The van der Waals surface area contributed by atoms with Crippen molar-refractivity contribution in [3.8, 4) is 0 Å². The molecule has 122 valence electrons. The zero-order chi connectivity index (χ0) is 15.7. The molecule has 2 fully saturated rings. The quantitative estimate of drug-likeness (QED) is 0.771. The van der Waals surface area contributed by atoms with Gasteiger partial charge in [-0.3, -0.25) is 0 Å². The van der Waals surface area contributed by atoms with Gasteiger partial charge in [-0.1, -0.05) is 0 Å². The Morgan fingerprint density at radius 1 is 1.52 bits per heavy atom. The van der Waals surface area contributed by atoms with Crippen LogP contribution in [0.15, 0.2) is 0 Å². The van der Waals surface area contributed by atoms with Gasteiger partial charge in [-0.2, -0.15) is 0 Å². The van der Waals surface area contributed by atoms with Crippen LogP contribution in [-0.4, -0.2) is 75.4 Å². The van der Waals surface area contributed by atoms with E-state index < -0.39 is 15.9 Å². The van der Waals surface area contributed by atoms with Gasteiger partial charge >= 0.3 is 6.03 Å². The zero-order valence-corrected chi connectivity index (χ0v) is 13.6. The van der Waals surface area contributed by atoms with Gasteiger partial charge < -0.3 is 19.7 Å². The molecule has 2 rings (SSSR count). The van der Waals surface area contributed by atoms with E-state index in [4.69, 9.17) is 9.47 Å². The molecule has 1 aliphatic heterocycles. The number of urea groups is 1. The molecule has 2 aliphatic rings. The van der Waals surface area contributed by atoms with Crippen molar-refractivity contribution in [3.63, 3.8) is 0 Å². The minimum absolute atomic E-state index is 0.0288. The van der Waals surface area contributed by atoms with E-state index in [0.717, 1.165) is 6.42 Å². The van der Waals surface area contributed by atoms with Crippen molar-refractivity contribution in [2.24, 2.45) is 0 Å². The predicted molar refractivity (Wildman–Crippen MR) is 78.0 cm³/mol. The van der Waals surface area contributed by atoms with E-state index in [1.165, 1.54) is 6.26 Å². The molecule has 3 atom stereocenters. The summed E-state index contributed by atoms with van der Waals surface area (Å²) in [6.07, 6.45) is 1.54. The minimum atomic E-state index is -3.11. The highest BCUT2D eigenvalue weighted by atomic mass is 32.2. The molecule has 0 aromatic rings. The molecule has 1 saturated carbocycles. The zero-order valence-electron chi connectivity index (χ0n) is 12.8. The standard InChI is InChI=1S/C13H24N2O5S/c1-4-20-13(2)7-11(13)14-12(16)15-5-6-19-10(8-15)9-21(3,17)18/h10-11H,4-9H2,1-3H3,(H,14,16)/t10?,11-,13+/m1/s1. The molecular weight excluding hydrogens is 296 g/mol. The average Bonchev–Trinajstić information content (AvgIpc) is 2.97. The lowest BCUT2D eigenvalue weighted by atomic mass is 10.3. The fraction of sp³-hybridized carbons (Fsp3) is 0.923. The Bertz CT molecular complexity index is 495. The molecule has 1 aliphatic carbocycles. The van der Waals surface area contributed by atoms with Gasteiger partial charge in [-0.05, 0) is 13.8 Å². The average molecular weight is 320 g/mol. The van der Waals surface area contributed by atoms with Gasteiger partial charge in [-0.25, -0.2) is 13.2 Å². The fourth-order valence-electron chi connectivity index (χ4n) is 2.62. The Labute approximate surface area is 125 Å². The second-order valence-corrected chi connectivity index (χ2v) is 8.17. The monoisotopic (exact) mass is 320 g/mol. The smallest absolute Gasteiger partial charge is 0.317 e. The highest BCUT2D eigenvalue weighted by molar-refractivity contribution is 7.90. The summed E-state index contributed by atoms with van der Waals surface area (Å²) in [5.74, 6) is -0.0587. The van der Waals surface area contributed by atoms with Crippen LogP contribution in [-0.2, 0) is 19.3 Å². The molecule has 1 heterocycles. The first-order chi connectivity index (χ1) is 9.73. The van der Waals surface area contributed by atoms with Crippen LogP contribution in [0.5, 0.6) is 0 Å².